The van der Waals surface area contributed by atoms with Crippen LogP contribution in [0, 0.1) is 11.8 Å². The first-order chi connectivity index (χ1) is 18.3. The molecule has 2 rings (SSSR count). The molecular formula is C26H36O13. The summed E-state index contributed by atoms with van der Waals surface area (Å²) in [6.45, 7) is 6.93. The summed E-state index contributed by atoms with van der Waals surface area (Å²) in [7, 11) is 0. The van der Waals surface area contributed by atoms with Crippen molar-refractivity contribution in [2.45, 2.75) is 85.1 Å². The first-order valence-electron chi connectivity index (χ1n) is 12.5. The van der Waals surface area contributed by atoms with E-state index in [0.717, 1.165) is 26.3 Å². The van der Waals surface area contributed by atoms with Crippen LogP contribution in [0.4, 0.5) is 0 Å². The predicted octanol–water partition coefficient (Wildman–Crippen LogP) is 1.19. The van der Waals surface area contributed by atoms with Crippen LogP contribution in [0.3, 0.4) is 0 Å². The van der Waals surface area contributed by atoms with Gasteiger partial charge in [-0.25, -0.2) is 0 Å². The van der Waals surface area contributed by atoms with Crippen molar-refractivity contribution in [1.82, 2.24) is 0 Å². The van der Waals surface area contributed by atoms with Crippen molar-refractivity contribution in [3.05, 3.63) is 11.6 Å². The molecule has 1 saturated heterocycles. The highest BCUT2D eigenvalue weighted by atomic mass is 16.7. The van der Waals surface area contributed by atoms with Crippen LogP contribution in [0.15, 0.2) is 11.6 Å². The smallest absolute Gasteiger partial charge is 0.303 e. The van der Waals surface area contributed by atoms with Crippen LogP contribution >= 0.6 is 0 Å². The first-order valence-corrected chi connectivity index (χ1v) is 12.5. The van der Waals surface area contributed by atoms with E-state index in [0.29, 0.717) is 12.8 Å². The lowest BCUT2D eigenvalue weighted by Gasteiger charge is -2.44. The van der Waals surface area contributed by atoms with E-state index >= 15 is 0 Å². The second kappa shape index (κ2) is 14.7. The van der Waals surface area contributed by atoms with E-state index in [2.05, 4.69) is 0 Å². The molecule has 1 aliphatic carbocycles. The molecule has 2 unspecified atom stereocenters. The van der Waals surface area contributed by atoms with E-state index in [9.17, 15) is 28.8 Å². The van der Waals surface area contributed by atoms with Crippen LogP contribution in [0.1, 0.15) is 54.4 Å². The standard InChI is InChI=1S/C26H36O13/c1-13(27)21-8-7-19(10-33-14(2)28)9-20(21)11-35-26-25(38-18(6)32)24(37-17(5)31)23(36-16(4)30)22(39-26)12-34-15(3)29/h9,20-26H,7-8,10-12H2,1-6H3/t20?,21?,22-,23-,24+,25-,26-/m1/s1. The van der Waals surface area contributed by atoms with Crippen molar-refractivity contribution in [2.75, 3.05) is 19.8 Å². The lowest BCUT2D eigenvalue weighted by Crippen LogP contribution is -2.63. The van der Waals surface area contributed by atoms with Gasteiger partial charge in [0.15, 0.2) is 24.6 Å². The minimum absolute atomic E-state index is 0.0621. The van der Waals surface area contributed by atoms with Gasteiger partial charge in [0, 0.05) is 46.5 Å². The van der Waals surface area contributed by atoms with Crippen LogP contribution in [-0.2, 0) is 61.9 Å². The lowest BCUT2D eigenvalue weighted by atomic mass is 9.79. The Morgan fingerprint density at radius 3 is 1.85 bits per heavy atom. The Balaban J connectivity index is 2.38. The molecule has 2 aliphatic rings. The molecule has 13 nitrogen and oxygen atoms in total. The molecule has 1 fully saturated rings. The van der Waals surface area contributed by atoms with Gasteiger partial charge in [0.1, 0.15) is 25.1 Å². The highest BCUT2D eigenvalue weighted by molar-refractivity contribution is 5.79. The number of hydrogen-bond acceptors (Lipinski definition) is 13. The number of carbonyl (C=O) groups excluding carboxylic acids is 6. The number of carbonyl (C=O) groups is 6. The van der Waals surface area contributed by atoms with Crippen LogP contribution in [0.5, 0.6) is 0 Å². The minimum Gasteiger partial charge on any atom is -0.463 e. The van der Waals surface area contributed by atoms with Crippen molar-refractivity contribution in [1.29, 1.82) is 0 Å². The summed E-state index contributed by atoms with van der Waals surface area (Å²) in [4.78, 5) is 70.9. The summed E-state index contributed by atoms with van der Waals surface area (Å²) in [5.41, 5.74) is 0.817. The van der Waals surface area contributed by atoms with Gasteiger partial charge in [-0.05, 0) is 25.3 Å². The number of ether oxygens (including phenoxy) is 7. The first kappa shape index (κ1) is 31.9. The molecule has 13 heteroatoms. The fraction of sp³-hybridized carbons (Fsp3) is 0.692. The quantitative estimate of drug-likeness (QED) is 0.202. The Kier molecular flexibility index (Phi) is 12.0. The lowest BCUT2D eigenvalue weighted by molar-refractivity contribution is -0.309. The predicted molar refractivity (Wildman–Crippen MR) is 130 cm³/mol. The van der Waals surface area contributed by atoms with Crippen LogP contribution in [0.25, 0.3) is 0 Å². The summed E-state index contributed by atoms with van der Waals surface area (Å²) >= 11 is 0. The topological polar surface area (TPSA) is 167 Å². The number of hydrogen-bond donors (Lipinski definition) is 0. The van der Waals surface area contributed by atoms with Crippen molar-refractivity contribution in [3.63, 3.8) is 0 Å². The molecule has 0 spiro atoms. The molecule has 0 aromatic heterocycles. The Bertz CT molecular complexity index is 971. The third-order valence-corrected chi connectivity index (χ3v) is 6.13. The second-order valence-electron chi connectivity index (χ2n) is 9.43. The van der Waals surface area contributed by atoms with Gasteiger partial charge in [0.2, 0.25) is 0 Å². The van der Waals surface area contributed by atoms with Gasteiger partial charge in [-0.1, -0.05) is 6.08 Å². The molecule has 39 heavy (non-hydrogen) atoms. The number of rotatable bonds is 11. The normalized spacial score (nSPS) is 28.4. The van der Waals surface area contributed by atoms with E-state index in [1.807, 2.05) is 6.08 Å². The summed E-state index contributed by atoms with van der Waals surface area (Å²) in [6, 6.07) is 0. The third kappa shape index (κ3) is 10.1. The van der Waals surface area contributed by atoms with Crippen molar-refractivity contribution < 1.29 is 61.9 Å². The van der Waals surface area contributed by atoms with Gasteiger partial charge in [-0.2, -0.15) is 0 Å². The van der Waals surface area contributed by atoms with Gasteiger partial charge in [0.05, 0.1) is 6.61 Å². The van der Waals surface area contributed by atoms with E-state index in [1.54, 1.807) is 0 Å². The molecule has 1 aliphatic heterocycles. The van der Waals surface area contributed by atoms with Crippen LogP contribution in [-0.4, -0.2) is 86.2 Å². The van der Waals surface area contributed by atoms with Gasteiger partial charge in [0.25, 0.3) is 0 Å². The monoisotopic (exact) mass is 556 g/mol. The van der Waals surface area contributed by atoms with Gasteiger partial charge in [-0.3, -0.25) is 28.8 Å². The Labute approximate surface area is 226 Å². The zero-order valence-corrected chi connectivity index (χ0v) is 23.0. The Morgan fingerprint density at radius 1 is 0.744 bits per heavy atom. The van der Waals surface area contributed by atoms with Gasteiger partial charge >= 0.3 is 29.8 Å². The van der Waals surface area contributed by atoms with E-state index in [1.165, 1.54) is 20.8 Å². The zero-order valence-electron chi connectivity index (χ0n) is 23.0. The molecule has 0 aromatic rings. The van der Waals surface area contributed by atoms with Crippen LogP contribution in [0.2, 0.25) is 0 Å². The summed E-state index contributed by atoms with van der Waals surface area (Å²) in [6.07, 6.45) is -3.65. The summed E-state index contributed by atoms with van der Waals surface area (Å²) in [5.74, 6) is -4.22. The van der Waals surface area contributed by atoms with E-state index in [-0.39, 0.29) is 25.6 Å². The molecule has 1 heterocycles. The van der Waals surface area contributed by atoms with Crippen molar-refractivity contribution in [2.24, 2.45) is 11.8 Å². The molecule has 0 bridgehead atoms. The number of esters is 5. The molecule has 0 N–H and O–H groups in total. The summed E-state index contributed by atoms with van der Waals surface area (Å²) < 4.78 is 38.2. The molecule has 0 amide bonds. The summed E-state index contributed by atoms with van der Waals surface area (Å²) in [5, 5.41) is 0. The maximum absolute atomic E-state index is 12.3. The van der Waals surface area contributed by atoms with Gasteiger partial charge in [-0.15, -0.1) is 0 Å². The molecule has 0 saturated carbocycles. The average molecular weight is 557 g/mol. The Morgan fingerprint density at radius 2 is 1.31 bits per heavy atom. The maximum atomic E-state index is 12.3. The fourth-order valence-electron chi connectivity index (χ4n) is 4.57. The Hall–Kier alpha value is -3.32. The fourth-order valence-corrected chi connectivity index (χ4v) is 4.57. The van der Waals surface area contributed by atoms with Gasteiger partial charge < -0.3 is 33.2 Å². The molecular weight excluding hydrogens is 520 g/mol. The SMILES string of the molecule is CC(=O)OCC1=CC(CO[C@@H]2O[C@H](COC(C)=O)[C@@H](OC(C)=O)[C@H](OC(C)=O)[C@H]2OC(C)=O)C(C(C)=O)CC1. The van der Waals surface area contributed by atoms with E-state index in [4.69, 9.17) is 33.2 Å². The van der Waals surface area contributed by atoms with Crippen molar-refractivity contribution >= 4 is 35.6 Å². The number of Topliss-reactive ketones (excluding diaryl/α,β-unsaturated/α-hetero) is 1. The zero-order chi connectivity index (χ0) is 29.3. The second-order valence-corrected chi connectivity index (χ2v) is 9.43. The highest BCUT2D eigenvalue weighted by Gasteiger charge is 2.53. The third-order valence-electron chi connectivity index (χ3n) is 6.13. The molecule has 7 atom stereocenters. The van der Waals surface area contributed by atoms with Crippen LogP contribution < -0.4 is 0 Å². The molecule has 218 valence electrons. The molecule has 0 radical (unpaired) electrons. The minimum atomic E-state index is -1.37. The maximum Gasteiger partial charge on any atom is 0.303 e. The largest absolute Gasteiger partial charge is 0.463 e. The highest BCUT2D eigenvalue weighted by Crippen LogP contribution is 2.33. The molecule has 0 aromatic carbocycles. The van der Waals surface area contributed by atoms with Crippen molar-refractivity contribution in [3.8, 4) is 0 Å². The van der Waals surface area contributed by atoms with E-state index < -0.39 is 72.4 Å². The average Bonchev–Trinajstić information content (AvgIpc) is 2.82. The number of ketones is 1.